The van der Waals surface area contributed by atoms with Crippen molar-refractivity contribution in [2.75, 3.05) is 15.4 Å². The Morgan fingerprint density at radius 1 is 0.968 bits per heavy atom. The lowest BCUT2D eigenvalue weighted by Crippen LogP contribution is -2.19. The van der Waals surface area contributed by atoms with E-state index >= 15 is 0 Å². The smallest absolute Gasteiger partial charge is 0.308 e. The number of halogens is 1. The third kappa shape index (κ3) is 4.81. The first-order valence-electron chi connectivity index (χ1n) is 9.13. The highest BCUT2D eigenvalue weighted by atomic mass is 32.2. The number of anilines is 3. The Kier molecular flexibility index (Phi) is 5.57. The van der Waals surface area contributed by atoms with Crippen LogP contribution in [0.3, 0.4) is 0 Å². The van der Waals surface area contributed by atoms with Gasteiger partial charge in [-0.15, -0.1) is 0 Å². The monoisotopic (exact) mass is 456 g/mol. The second kappa shape index (κ2) is 8.32. The molecule has 0 bridgehead atoms. The van der Waals surface area contributed by atoms with Crippen LogP contribution in [0.2, 0.25) is 0 Å². The van der Waals surface area contributed by atoms with Crippen LogP contribution in [0.5, 0.6) is 0 Å². The Bertz CT molecular complexity index is 1370. The molecule has 0 saturated heterocycles. The van der Waals surface area contributed by atoms with Crippen LogP contribution in [-0.2, 0) is 10.0 Å². The summed E-state index contributed by atoms with van der Waals surface area (Å²) in [6, 6.07) is 16.9. The van der Waals surface area contributed by atoms with Crippen LogP contribution in [0.1, 0.15) is 5.56 Å². The number of carbonyl (C=O) groups excluding carboxylic acids is 1. The number of thiazole rings is 1. The summed E-state index contributed by atoms with van der Waals surface area (Å²) in [5.74, 6) is -0.408. The van der Waals surface area contributed by atoms with Gasteiger partial charge in [-0.25, -0.2) is 22.6 Å². The molecule has 0 fully saturated rings. The molecule has 0 unspecified atom stereocenters. The zero-order valence-electron chi connectivity index (χ0n) is 16.2. The average Bonchev–Trinajstić information content (AvgIpc) is 3.12. The van der Waals surface area contributed by atoms with Gasteiger partial charge in [0, 0.05) is 11.4 Å². The molecule has 31 heavy (non-hydrogen) atoms. The zero-order valence-corrected chi connectivity index (χ0v) is 17.9. The van der Waals surface area contributed by atoms with Crippen molar-refractivity contribution in [2.24, 2.45) is 0 Å². The number of nitrogens with zero attached hydrogens (tertiary/aromatic N) is 1. The van der Waals surface area contributed by atoms with E-state index in [2.05, 4.69) is 20.3 Å². The number of urea groups is 1. The van der Waals surface area contributed by atoms with E-state index in [1.165, 1.54) is 18.2 Å². The van der Waals surface area contributed by atoms with Crippen molar-refractivity contribution in [3.63, 3.8) is 0 Å². The molecule has 2 amide bonds. The van der Waals surface area contributed by atoms with Crippen molar-refractivity contribution in [1.82, 2.24) is 4.98 Å². The molecule has 1 heterocycles. The standard InChI is InChI=1S/C21H17FN4O3S2/c1-13-7-8-14(11-17(13)22)23-20(27)24-15-9-10-18-19(12-15)30-21(25-18)26-31(28,29)16-5-3-2-4-6-16/h2-12H,1H3,(H,25,26)(H2,23,24,27). The summed E-state index contributed by atoms with van der Waals surface area (Å²) in [5, 5.41) is 5.45. The molecule has 0 saturated carbocycles. The maximum atomic E-state index is 13.6. The summed E-state index contributed by atoms with van der Waals surface area (Å²) in [4.78, 5) is 16.6. The molecule has 158 valence electrons. The number of amides is 2. The molecule has 4 rings (SSSR count). The molecule has 3 N–H and O–H groups in total. The summed E-state index contributed by atoms with van der Waals surface area (Å²) in [6.45, 7) is 1.64. The van der Waals surface area contributed by atoms with Gasteiger partial charge in [0.2, 0.25) is 0 Å². The number of aryl methyl sites for hydroxylation is 1. The topological polar surface area (TPSA) is 100 Å². The van der Waals surface area contributed by atoms with Gasteiger partial charge in [0.15, 0.2) is 5.13 Å². The minimum Gasteiger partial charge on any atom is -0.308 e. The third-order valence-corrected chi connectivity index (χ3v) is 6.77. The predicted octanol–water partition coefficient (Wildman–Crippen LogP) is 5.19. The van der Waals surface area contributed by atoms with E-state index < -0.39 is 21.9 Å². The fourth-order valence-electron chi connectivity index (χ4n) is 2.78. The fourth-order valence-corrected chi connectivity index (χ4v) is 4.94. The predicted molar refractivity (Wildman–Crippen MR) is 121 cm³/mol. The van der Waals surface area contributed by atoms with Gasteiger partial charge >= 0.3 is 6.03 Å². The summed E-state index contributed by atoms with van der Waals surface area (Å²) in [6.07, 6.45) is 0. The Hall–Kier alpha value is -3.50. The normalized spacial score (nSPS) is 11.3. The van der Waals surface area contributed by atoms with Gasteiger partial charge < -0.3 is 10.6 Å². The van der Waals surface area contributed by atoms with E-state index in [-0.39, 0.29) is 10.0 Å². The lowest BCUT2D eigenvalue weighted by Gasteiger charge is -2.08. The quantitative estimate of drug-likeness (QED) is 0.385. The van der Waals surface area contributed by atoms with Crippen LogP contribution in [0.15, 0.2) is 71.6 Å². The van der Waals surface area contributed by atoms with Crippen molar-refractivity contribution in [1.29, 1.82) is 0 Å². The number of benzene rings is 3. The molecule has 0 spiro atoms. The van der Waals surface area contributed by atoms with Crippen molar-refractivity contribution in [2.45, 2.75) is 11.8 Å². The Labute approximate surface area is 182 Å². The van der Waals surface area contributed by atoms with E-state index in [4.69, 9.17) is 0 Å². The minimum atomic E-state index is -3.74. The highest BCUT2D eigenvalue weighted by Gasteiger charge is 2.16. The van der Waals surface area contributed by atoms with Crippen LogP contribution in [-0.4, -0.2) is 19.4 Å². The third-order valence-electron chi connectivity index (χ3n) is 4.35. The number of hydrogen-bond donors (Lipinski definition) is 3. The van der Waals surface area contributed by atoms with Crippen LogP contribution < -0.4 is 15.4 Å². The summed E-state index contributed by atoms with van der Waals surface area (Å²) >= 11 is 1.14. The average molecular weight is 457 g/mol. The van der Waals surface area contributed by atoms with Gasteiger partial charge in [0.25, 0.3) is 10.0 Å². The Morgan fingerprint density at radius 2 is 1.65 bits per heavy atom. The molecule has 1 aromatic heterocycles. The fraction of sp³-hybridized carbons (Fsp3) is 0.0476. The SMILES string of the molecule is Cc1ccc(NC(=O)Nc2ccc3nc(NS(=O)(=O)c4ccccc4)sc3c2)cc1F. The van der Waals surface area contributed by atoms with Crippen LogP contribution in [0.4, 0.5) is 25.7 Å². The number of hydrogen-bond acceptors (Lipinski definition) is 5. The van der Waals surface area contributed by atoms with Gasteiger partial charge in [-0.1, -0.05) is 35.6 Å². The molecule has 0 atom stereocenters. The molecule has 0 aliphatic heterocycles. The van der Waals surface area contributed by atoms with Gasteiger partial charge in [0.05, 0.1) is 15.1 Å². The second-order valence-electron chi connectivity index (χ2n) is 6.66. The molecular weight excluding hydrogens is 439 g/mol. The van der Waals surface area contributed by atoms with Crippen molar-refractivity contribution < 1.29 is 17.6 Å². The van der Waals surface area contributed by atoms with E-state index in [0.717, 1.165) is 11.3 Å². The molecule has 10 heteroatoms. The molecule has 3 aromatic carbocycles. The number of carbonyl (C=O) groups is 1. The van der Waals surface area contributed by atoms with E-state index in [1.807, 2.05) is 0 Å². The zero-order chi connectivity index (χ0) is 22.0. The van der Waals surface area contributed by atoms with Crippen LogP contribution in [0, 0.1) is 12.7 Å². The summed E-state index contributed by atoms with van der Waals surface area (Å²) in [5.41, 5.74) is 1.89. The number of rotatable bonds is 5. The first-order valence-corrected chi connectivity index (χ1v) is 11.4. The van der Waals surface area contributed by atoms with Gasteiger partial charge in [-0.2, -0.15) is 0 Å². The van der Waals surface area contributed by atoms with Crippen molar-refractivity contribution >= 4 is 54.1 Å². The van der Waals surface area contributed by atoms with E-state index in [1.54, 1.807) is 55.5 Å². The number of aromatic nitrogens is 1. The van der Waals surface area contributed by atoms with Gasteiger partial charge in [-0.3, -0.25) is 4.72 Å². The van der Waals surface area contributed by atoms with Gasteiger partial charge in [-0.05, 0) is 55.0 Å². The van der Waals surface area contributed by atoms with Gasteiger partial charge in [0.1, 0.15) is 5.82 Å². The van der Waals surface area contributed by atoms with Crippen LogP contribution in [0.25, 0.3) is 10.2 Å². The Morgan fingerprint density at radius 3 is 2.35 bits per heavy atom. The first kappa shape index (κ1) is 20.8. The highest BCUT2D eigenvalue weighted by Crippen LogP contribution is 2.30. The van der Waals surface area contributed by atoms with Crippen molar-refractivity contribution in [3.8, 4) is 0 Å². The molecular formula is C21H17FN4O3S2. The molecule has 7 nitrogen and oxygen atoms in total. The number of nitrogens with one attached hydrogen (secondary N) is 3. The largest absolute Gasteiger partial charge is 0.323 e. The van der Waals surface area contributed by atoms with E-state index in [0.29, 0.717) is 27.2 Å². The second-order valence-corrected chi connectivity index (χ2v) is 9.38. The summed E-state index contributed by atoms with van der Waals surface area (Å²) < 4.78 is 41.7. The first-order chi connectivity index (χ1) is 14.8. The maximum absolute atomic E-state index is 13.6. The lowest BCUT2D eigenvalue weighted by atomic mass is 10.2. The number of sulfonamides is 1. The van der Waals surface area contributed by atoms with Crippen LogP contribution >= 0.6 is 11.3 Å². The minimum absolute atomic E-state index is 0.140. The Balaban J connectivity index is 1.48. The van der Waals surface area contributed by atoms with E-state index in [9.17, 15) is 17.6 Å². The lowest BCUT2D eigenvalue weighted by molar-refractivity contribution is 0.262. The summed E-state index contributed by atoms with van der Waals surface area (Å²) in [7, 11) is -3.74. The molecule has 0 radical (unpaired) electrons. The molecule has 4 aromatic rings. The highest BCUT2D eigenvalue weighted by molar-refractivity contribution is 7.93. The van der Waals surface area contributed by atoms with Crippen molar-refractivity contribution in [3.05, 3.63) is 78.1 Å². The molecule has 0 aliphatic carbocycles. The maximum Gasteiger partial charge on any atom is 0.323 e. The number of fused-ring (bicyclic) bond motifs is 1. The molecule has 0 aliphatic rings.